The fraction of sp³-hybridized carbons (Fsp3) is 0.929. The number of aliphatic hydroxyl groups excluding tert-OH is 1. The highest BCUT2D eigenvalue weighted by atomic mass is 35.5. The number of carbonyl (C=O) groups excluding carboxylic acids is 1. The van der Waals surface area contributed by atoms with Gasteiger partial charge in [0.25, 0.3) is 0 Å². The number of nitrogens with one attached hydrogen (secondary N) is 2. The molecule has 3 N–H and O–H groups in total. The number of amides is 1. The number of fused-ring (bicyclic) bond motifs is 1. The van der Waals surface area contributed by atoms with Gasteiger partial charge >= 0.3 is 0 Å². The largest absolute Gasteiger partial charge is 0.393 e. The Kier molecular flexibility index (Phi) is 7.11. The molecule has 1 aliphatic carbocycles. The lowest BCUT2D eigenvalue weighted by atomic mass is 9.85. The summed E-state index contributed by atoms with van der Waals surface area (Å²) >= 11 is 0. The van der Waals surface area contributed by atoms with Gasteiger partial charge in [-0.3, -0.25) is 4.79 Å². The van der Waals surface area contributed by atoms with Gasteiger partial charge in [-0.15, -0.1) is 12.4 Å². The van der Waals surface area contributed by atoms with Gasteiger partial charge in [-0.1, -0.05) is 19.8 Å². The van der Waals surface area contributed by atoms with E-state index in [-0.39, 0.29) is 30.5 Å². The summed E-state index contributed by atoms with van der Waals surface area (Å²) in [6.45, 7) is 2.54. The average molecular weight is 291 g/mol. The second kappa shape index (κ2) is 8.08. The molecule has 2 aliphatic rings. The van der Waals surface area contributed by atoms with E-state index in [1.807, 2.05) is 6.92 Å². The molecule has 4 unspecified atom stereocenters. The van der Waals surface area contributed by atoms with Crippen molar-refractivity contribution in [3.63, 3.8) is 0 Å². The highest BCUT2D eigenvalue weighted by Gasteiger charge is 2.37. The standard InChI is InChI=1S/C14H26N2O2.ClH/c1-2-11(17)7-8-15-14(18)13-9-10-5-3-4-6-12(10)16-13;/h10-13,16-17H,2-9H2,1H3,(H,15,18);1H. The monoisotopic (exact) mass is 290 g/mol. The van der Waals surface area contributed by atoms with E-state index in [9.17, 15) is 9.90 Å². The molecule has 0 bridgehead atoms. The van der Waals surface area contributed by atoms with Crippen LogP contribution >= 0.6 is 12.4 Å². The normalized spacial score (nSPS) is 31.2. The summed E-state index contributed by atoms with van der Waals surface area (Å²) in [5.74, 6) is 0.823. The Morgan fingerprint density at radius 2 is 2.16 bits per heavy atom. The third-order valence-corrected chi connectivity index (χ3v) is 4.43. The second-order valence-corrected chi connectivity index (χ2v) is 5.75. The summed E-state index contributed by atoms with van der Waals surface area (Å²) in [6.07, 6.45) is 7.23. The van der Waals surface area contributed by atoms with Gasteiger partial charge in [0.1, 0.15) is 0 Å². The molecule has 0 radical (unpaired) electrons. The minimum absolute atomic E-state index is 0. The zero-order valence-corrected chi connectivity index (χ0v) is 12.5. The number of hydrogen-bond acceptors (Lipinski definition) is 3. The van der Waals surface area contributed by atoms with E-state index >= 15 is 0 Å². The molecule has 19 heavy (non-hydrogen) atoms. The maximum atomic E-state index is 12.0. The van der Waals surface area contributed by atoms with E-state index in [0.717, 1.165) is 12.8 Å². The first-order valence-corrected chi connectivity index (χ1v) is 7.42. The molecule has 2 rings (SSSR count). The number of halogens is 1. The second-order valence-electron chi connectivity index (χ2n) is 5.75. The molecule has 4 nitrogen and oxygen atoms in total. The third-order valence-electron chi connectivity index (χ3n) is 4.43. The van der Waals surface area contributed by atoms with Gasteiger partial charge in [-0.25, -0.2) is 0 Å². The Morgan fingerprint density at radius 3 is 2.84 bits per heavy atom. The van der Waals surface area contributed by atoms with E-state index in [4.69, 9.17) is 0 Å². The fourth-order valence-corrected chi connectivity index (χ4v) is 3.21. The molecule has 4 atom stereocenters. The number of rotatable bonds is 5. The lowest BCUT2D eigenvalue weighted by molar-refractivity contribution is -0.122. The van der Waals surface area contributed by atoms with Crippen LogP contribution in [0.3, 0.4) is 0 Å². The van der Waals surface area contributed by atoms with Crippen molar-refractivity contribution in [3.8, 4) is 0 Å². The van der Waals surface area contributed by atoms with Crippen LogP contribution in [0.25, 0.3) is 0 Å². The number of aliphatic hydroxyl groups is 1. The first-order valence-electron chi connectivity index (χ1n) is 7.42. The molecule has 2 fully saturated rings. The van der Waals surface area contributed by atoms with E-state index in [0.29, 0.717) is 24.9 Å². The molecule has 1 saturated carbocycles. The SMILES string of the molecule is CCC(O)CCNC(=O)C1CC2CCCCC2N1.Cl. The van der Waals surface area contributed by atoms with Crippen molar-refractivity contribution in [2.45, 2.75) is 70.1 Å². The summed E-state index contributed by atoms with van der Waals surface area (Å²) in [6, 6.07) is 0.563. The molecule has 0 aromatic rings. The zero-order valence-electron chi connectivity index (χ0n) is 11.7. The van der Waals surface area contributed by atoms with Gasteiger partial charge in [0.05, 0.1) is 12.1 Å². The van der Waals surface area contributed by atoms with Crippen LogP contribution in [0.1, 0.15) is 51.9 Å². The molecule has 112 valence electrons. The third kappa shape index (κ3) is 4.62. The topological polar surface area (TPSA) is 61.4 Å². The summed E-state index contributed by atoms with van der Waals surface area (Å²) < 4.78 is 0. The van der Waals surface area contributed by atoms with Crippen LogP contribution in [0, 0.1) is 5.92 Å². The summed E-state index contributed by atoms with van der Waals surface area (Å²) in [4.78, 5) is 12.0. The van der Waals surface area contributed by atoms with Crippen molar-refractivity contribution < 1.29 is 9.90 Å². The number of carbonyl (C=O) groups is 1. The lowest BCUT2D eigenvalue weighted by Gasteiger charge is -2.24. The molecular weight excluding hydrogens is 264 g/mol. The van der Waals surface area contributed by atoms with Crippen LogP contribution in [0.15, 0.2) is 0 Å². The number of hydrogen-bond donors (Lipinski definition) is 3. The first-order chi connectivity index (χ1) is 8.70. The van der Waals surface area contributed by atoms with Crippen molar-refractivity contribution in [1.82, 2.24) is 10.6 Å². The van der Waals surface area contributed by atoms with Crippen LogP contribution < -0.4 is 10.6 Å². The zero-order chi connectivity index (χ0) is 13.0. The molecule has 1 aliphatic heterocycles. The summed E-state index contributed by atoms with van der Waals surface area (Å²) in [5.41, 5.74) is 0. The van der Waals surface area contributed by atoms with Gasteiger partial charge in [-0.05, 0) is 38.0 Å². The van der Waals surface area contributed by atoms with Gasteiger partial charge in [0.2, 0.25) is 5.91 Å². The average Bonchev–Trinajstić information content (AvgIpc) is 2.82. The van der Waals surface area contributed by atoms with Crippen LogP contribution in [-0.2, 0) is 4.79 Å². The molecule has 1 saturated heterocycles. The molecule has 0 aromatic heterocycles. The van der Waals surface area contributed by atoms with Crippen LogP contribution in [0.5, 0.6) is 0 Å². The predicted octanol–water partition coefficient (Wildman–Crippen LogP) is 1.61. The van der Waals surface area contributed by atoms with Crippen LogP contribution in [-0.4, -0.2) is 35.7 Å². The Hall–Kier alpha value is -0.320. The molecule has 5 heteroatoms. The van der Waals surface area contributed by atoms with E-state index in [2.05, 4.69) is 10.6 Å². The van der Waals surface area contributed by atoms with E-state index in [1.165, 1.54) is 25.7 Å². The minimum Gasteiger partial charge on any atom is -0.393 e. The van der Waals surface area contributed by atoms with Crippen molar-refractivity contribution in [2.24, 2.45) is 5.92 Å². The first kappa shape index (κ1) is 16.7. The van der Waals surface area contributed by atoms with E-state index in [1.54, 1.807) is 0 Å². The van der Waals surface area contributed by atoms with Crippen LogP contribution in [0.2, 0.25) is 0 Å². The molecule has 0 spiro atoms. The summed E-state index contributed by atoms with van der Waals surface area (Å²) in [7, 11) is 0. The smallest absolute Gasteiger partial charge is 0.237 e. The molecule has 1 amide bonds. The molecule has 0 aromatic carbocycles. The van der Waals surface area contributed by atoms with Gasteiger partial charge in [0, 0.05) is 12.6 Å². The lowest BCUT2D eigenvalue weighted by Crippen LogP contribution is -2.43. The Labute approximate surface area is 122 Å². The quantitative estimate of drug-likeness (QED) is 0.721. The van der Waals surface area contributed by atoms with E-state index < -0.39 is 0 Å². The minimum atomic E-state index is -0.288. The maximum absolute atomic E-state index is 12.0. The van der Waals surface area contributed by atoms with Crippen molar-refractivity contribution in [3.05, 3.63) is 0 Å². The van der Waals surface area contributed by atoms with Gasteiger partial charge in [-0.2, -0.15) is 0 Å². The Morgan fingerprint density at radius 1 is 1.42 bits per heavy atom. The van der Waals surface area contributed by atoms with Gasteiger partial charge in [0.15, 0.2) is 0 Å². The predicted molar refractivity (Wildman–Crippen MR) is 78.5 cm³/mol. The van der Waals surface area contributed by atoms with Crippen molar-refractivity contribution in [1.29, 1.82) is 0 Å². The Balaban J connectivity index is 0.00000180. The summed E-state index contributed by atoms with van der Waals surface area (Å²) in [5, 5.41) is 15.8. The molecular formula is C14H27ClN2O2. The van der Waals surface area contributed by atoms with Crippen molar-refractivity contribution in [2.75, 3.05) is 6.54 Å². The fourth-order valence-electron chi connectivity index (χ4n) is 3.21. The Bertz CT molecular complexity index is 275. The highest BCUT2D eigenvalue weighted by Crippen LogP contribution is 2.33. The van der Waals surface area contributed by atoms with Crippen molar-refractivity contribution >= 4 is 18.3 Å². The van der Waals surface area contributed by atoms with Crippen LogP contribution in [0.4, 0.5) is 0 Å². The molecule has 1 heterocycles. The van der Waals surface area contributed by atoms with Gasteiger partial charge < -0.3 is 15.7 Å². The highest BCUT2D eigenvalue weighted by molar-refractivity contribution is 5.85. The maximum Gasteiger partial charge on any atom is 0.237 e.